The van der Waals surface area contributed by atoms with Crippen LogP contribution < -0.4 is 10.2 Å². The minimum Gasteiger partial charge on any atom is -0.369 e. The van der Waals surface area contributed by atoms with Gasteiger partial charge in [-0.1, -0.05) is 12.1 Å². The third-order valence-electron chi connectivity index (χ3n) is 2.66. The molecule has 1 aromatic rings. The topological polar surface area (TPSA) is 15.3 Å². The van der Waals surface area contributed by atoms with Crippen LogP contribution in [0.15, 0.2) is 29.2 Å². The van der Waals surface area contributed by atoms with E-state index in [1.807, 2.05) is 18.8 Å². The quantitative estimate of drug-likeness (QED) is 0.798. The Hall–Kier alpha value is -0.670. The smallest absolute Gasteiger partial charge is 0.0505 e. The van der Waals surface area contributed by atoms with E-state index in [1.165, 1.54) is 16.3 Å². The van der Waals surface area contributed by atoms with Gasteiger partial charge in [-0.2, -0.15) is 0 Å². The van der Waals surface area contributed by atoms with Gasteiger partial charge in [-0.25, -0.2) is 0 Å². The summed E-state index contributed by atoms with van der Waals surface area (Å²) in [5.74, 6) is 1.17. The maximum atomic E-state index is 3.24. The second kappa shape index (κ2) is 4.24. The minimum atomic E-state index is 0.611. The normalized spacial score (nSPS) is 20.7. The molecular formula is C11H16N2S. The van der Waals surface area contributed by atoms with Crippen LogP contribution in [-0.4, -0.2) is 32.4 Å². The molecule has 1 aliphatic heterocycles. The fourth-order valence-corrected chi connectivity index (χ4v) is 3.04. The van der Waals surface area contributed by atoms with Crippen LogP contribution in [0.1, 0.15) is 0 Å². The summed E-state index contributed by atoms with van der Waals surface area (Å²) >= 11 is 1.96. The highest BCUT2D eigenvalue weighted by Crippen LogP contribution is 2.35. The van der Waals surface area contributed by atoms with Gasteiger partial charge in [-0.05, 0) is 19.2 Å². The first-order valence-corrected chi connectivity index (χ1v) is 5.90. The first kappa shape index (κ1) is 9.87. The zero-order chi connectivity index (χ0) is 9.97. The number of benzene rings is 1. The summed E-state index contributed by atoms with van der Waals surface area (Å²) in [5, 5.41) is 3.24. The van der Waals surface area contributed by atoms with Gasteiger partial charge in [0.15, 0.2) is 0 Å². The molecule has 0 amide bonds. The summed E-state index contributed by atoms with van der Waals surface area (Å²) in [6.45, 7) is 1.05. The number of thioether (sulfide) groups is 1. The molecule has 1 aromatic carbocycles. The Kier molecular flexibility index (Phi) is 2.99. The van der Waals surface area contributed by atoms with Gasteiger partial charge in [0.05, 0.1) is 11.7 Å². The van der Waals surface area contributed by atoms with Crippen molar-refractivity contribution in [2.75, 3.05) is 31.3 Å². The van der Waals surface area contributed by atoms with Crippen molar-refractivity contribution in [1.29, 1.82) is 0 Å². The van der Waals surface area contributed by atoms with E-state index >= 15 is 0 Å². The first-order valence-electron chi connectivity index (χ1n) is 4.92. The second-order valence-electron chi connectivity index (χ2n) is 3.60. The Morgan fingerprint density at radius 3 is 3.07 bits per heavy atom. The molecule has 0 spiro atoms. The molecule has 76 valence electrons. The van der Waals surface area contributed by atoms with Crippen molar-refractivity contribution in [2.24, 2.45) is 0 Å². The largest absolute Gasteiger partial charge is 0.369 e. The molecule has 2 rings (SSSR count). The van der Waals surface area contributed by atoms with Crippen LogP contribution in [0.4, 0.5) is 5.69 Å². The van der Waals surface area contributed by atoms with E-state index in [1.54, 1.807) is 0 Å². The fourth-order valence-electron chi connectivity index (χ4n) is 1.80. The van der Waals surface area contributed by atoms with E-state index in [-0.39, 0.29) is 0 Å². The predicted octanol–water partition coefficient (Wildman–Crippen LogP) is 1.82. The van der Waals surface area contributed by atoms with E-state index in [0.717, 1.165) is 6.54 Å². The molecule has 0 radical (unpaired) electrons. The van der Waals surface area contributed by atoms with Crippen molar-refractivity contribution in [1.82, 2.24) is 5.32 Å². The van der Waals surface area contributed by atoms with Crippen molar-refractivity contribution in [3.05, 3.63) is 24.3 Å². The van der Waals surface area contributed by atoms with Crippen molar-refractivity contribution < 1.29 is 0 Å². The Morgan fingerprint density at radius 1 is 1.50 bits per heavy atom. The molecule has 0 aliphatic carbocycles. The van der Waals surface area contributed by atoms with E-state index in [2.05, 4.69) is 41.5 Å². The summed E-state index contributed by atoms with van der Waals surface area (Å²) in [6.07, 6.45) is 0. The first-order chi connectivity index (χ1) is 6.83. The van der Waals surface area contributed by atoms with Gasteiger partial charge in [-0.15, -0.1) is 11.8 Å². The molecule has 3 heteroatoms. The van der Waals surface area contributed by atoms with E-state index in [4.69, 9.17) is 0 Å². The molecule has 0 fully saturated rings. The molecule has 2 nitrogen and oxygen atoms in total. The van der Waals surface area contributed by atoms with Crippen molar-refractivity contribution in [3.63, 3.8) is 0 Å². The van der Waals surface area contributed by atoms with Crippen LogP contribution in [0.3, 0.4) is 0 Å². The number of rotatable bonds is 2. The van der Waals surface area contributed by atoms with Crippen molar-refractivity contribution in [3.8, 4) is 0 Å². The molecule has 1 atom stereocenters. The monoisotopic (exact) mass is 208 g/mol. The third kappa shape index (κ3) is 1.74. The molecule has 0 aromatic heterocycles. The lowest BCUT2D eigenvalue weighted by molar-refractivity contribution is 0.629. The molecule has 0 saturated carbocycles. The average molecular weight is 208 g/mol. The number of hydrogen-bond donors (Lipinski definition) is 1. The van der Waals surface area contributed by atoms with Gasteiger partial charge in [0.25, 0.3) is 0 Å². The van der Waals surface area contributed by atoms with Crippen LogP contribution in [0, 0.1) is 0 Å². The van der Waals surface area contributed by atoms with Gasteiger partial charge in [0.2, 0.25) is 0 Å². The number of para-hydroxylation sites is 1. The minimum absolute atomic E-state index is 0.611. The molecule has 1 heterocycles. The average Bonchev–Trinajstić information content (AvgIpc) is 2.23. The van der Waals surface area contributed by atoms with Crippen LogP contribution in [0.5, 0.6) is 0 Å². The molecule has 0 bridgehead atoms. The van der Waals surface area contributed by atoms with Crippen molar-refractivity contribution >= 4 is 17.4 Å². The lowest BCUT2D eigenvalue weighted by Crippen LogP contribution is -2.43. The Bertz CT molecular complexity index is 314. The third-order valence-corrected chi connectivity index (χ3v) is 3.87. The van der Waals surface area contributed by atoms with Gasteiger partial charge in [-0.3, -0.25) is 0 Å². The van der Waals surface area contributed by atoms with Gasteiger partial charge in [0.1, 0.15) is 0 Å². The standard InChI is InChI=1S/C11H16N2S/c1-12-7-9-8-14-11-6-4-3-5-10(11)13(9)2/h3-6,9,12H,7-8H2,1-2H3. The summed E-state index contributed by atoms with van der Waals surface area (Å²) in [6, 6.07) is 9.23. The van der Waals surface area contributed by atoms with Gasteiger partial charge >= 0.3 is 0 Å². The predicted molar refractivity (Wildman–Crippen MR) is 63.3 cm³/mol. The van der Waals surface area contributed by atoms with Crippen LogP contribution >= 0.6 is 11.8 Å². The highest BCUT2D eigenvalue weighted by molar-refractivity contribution is 7.99. The maximum absolute atomic E-state index is 3.24. The van der Waals surface area contributed by atoms with Crippen LogP contribution in [0.25, 0.3) is 0 Å². The number of anilines is 1. The number of likely N-dealkylation sites (N-methyl/N-ethyl adjacent to an activating group) is 2. The highest BCUT2D eigenvalue weighted by Gasteiger charge is 2.22. The highest BCUT2D eigenvalue weighted by atomic mass is 32.2. The SMILES string of the molecule is CNCC1CSc2ccccc2N1C. The number of nitrogens with one attached hydrogen (secondary N) is 1. The lowest BCUT2D eigenvalue weighted by atomic mass is 10.2. The summed E-state index contributed by atoms with van der Waals surface area (Å²) < 4.78 is 0. The van der Waals surface area contributed by atoms with E-state index < -0.39 is 0 Å². The lowest BCUT2D eigenvalue weighted by Gasteiger charge is -2.35. The zero-order valence-corrected chi connectivity index (χ0v) is 9.47. The summed E-state index contributed by atoms with van der Waals surface area (Å²) in [4.78, 5) is 3.78. The molecule has 1 aliphatic rings. The maximum Gasteiger partial charge on any atom is 0.0505 e. The Morgan fingerprint density at radius 2 is 2.29 bits per heavy atom. The van der Waals surface area contributed by atoms with Crippen molar-refractivity contribution in [2.45, 2.75) is 10.9 Å². The summed E-state index contributed by atoms with van der Waals surface area (Å²) in [5.41, 5.74) is 1.36. The number of fused-ring (bicyclic) bond motifs is 1. The van der Waals surface area contributed by atoms with E-state index in [0.29, 0.717) is 6.04 Å². The summed E-state index contributed by atoms with van der Waals surface area (Å²) in [7, 11) is 4.19. The van der Waals surface area contributed by atoms with Crippen LogP contribution in [-0.2, 0) is 0 Å². The second-order valence-corrected chi connectivity index (χ2v) is 4.66. The van der Waals surface area contributed by atoms with Gasteiger partial charge < -0.3 is 10.2 Å². The number of hydrogen-bond acceptors (Lipinski definition) is 3. The number of nitrogens with zero attached hydrogens (tertiary/aromatic N) is 1. The molecule has 14 heavy (non-hydrogen) atoms. The zero-order valence-electron chi connectivity index (χ0n) is 8.66. The van der Waals surface area contributed by atoms with Gasteiger partial charge in [0, 0.05) is 24.2 Å². The molecular weight excluding hydrogens is 192 g/mol. The Balaban J connectivity index is 2.22. The molecule has 0 saturated heterocycles. The van der Waals surface area contributed by atoms with E-state index in [9.17, 15) is 0 Å². The van der Waals surface area contributed by atoms with Crippen LogP contribution in [0.2, 0.25) is 0 Å². The molecule has 1 unspecified atom stereocenters. The fraction of sp³-hybridized carbons (Fsp3) is 0.455. The molecule has 1 N–H and O–H groups in total. The Labute approximate surface area is 89.7 Å².